The molecule has 0 aromatic carbocycles. The van der Waals surface area contributed by atoms with Crippen molar-refractivity contribution in [3.8, 4) is 6.07 Å². The van der Waals surface area contributed by atoms with E-state index in [0.717, 1.165) is 31.4 Å². The normalized spacial score (nSPS) is 24.4. The summed E-state index contributed by atoms with van der Waals surface area (Å²) in [5.41, 5.74) is 0.319. The largest absolute Gasteiger partial charge is 0.366 e. The molecule has 1 aliphatic rings. The van der Waals surface area contributed by atoms with Crippen molar-refractivity contribution in [3.05, 3.63) is 18.1 Å². The summed E-state index contributed by atoms with van der Waals surface area (Å²) in [6.07, 6.45) is 7.18. The molecule has 0 bridgehead atoms. The van der Waals surface area contributed by atoms with E-state index in [1.807, 2.05) is 13.0 Å². The van der Waals surface area contributed by atoms with E-state index in [-0.39, 0.29) is 0 Å². The van der Waals surface area contributed by atoms with E-state index in [2.05, 4.69) is 15.3 Å². The summed E-state index contributed by atoms with van der Waals surface area (Å²) in [7, 11) is -0.716. The summed E-state index contributed by atoms with van der Waals surface area (Å²) in [6.45, 7) is 1.97. The van der Waals surface area contributed by atoms with E-state index >= 15 is 0 Å². The van der Waals surface area contributed by atoms with Gasteiger partial charge in [-0.2, -0.15) is 5.26 Å². The second kappa shape index (κ2) is 6.62. The molecule has 0 radical (unpaired) electrons. The van der Waals surface area contributed by atoms with Crippen LogP contribution in [0.15, 0.2) is 12.4 Å². The molecule has 0 spiro atoms. The lowest BCUT2D eigenvalue weighted by Gasteiger charge is -2.29. The highest BCUT2D eigenvalue weighted by atomic mass is 32.2. The molecule has 5 nitrogen and oxygen atoms in total. The zero-order valence-corrected chi connectivity index (χ0v) is 11.8. The van der Waals surface area contributed by atoms with Gasteiger partial charge in [0.05, 0.1) is 12.4 Å². The lowest BCUT2D eigenvalue weighted by Crippen LogP contribution is -2.33. The molecule has 102 valence electrons. The second-order valence-electron chi connectivity index (χ2n) is 4.70. The second-order valence-corrected chi connectivity index (χ2v) is 6.70. The van der Waals surface area contributed by atoms with Gasteiger partial charge in [0.1, 0.15) is 11.9 Å². The number of nitrogens with one attached hydrogen (secondary N) is 1. The van der Waals surface area contributed by atoms with Gasteiger partial charge in [-0.3, -0.25) is 4.21 Å². The van der Waals surface area contributed by atoms with Crippen LogP contribution in [-0.2, 0) is 10.8 Å². The van der Waals surface area contributed by atoms with Crippen molar-refractivity contribution in [2.45, 2.75) is 43.9 Å². The van der Waals surface area contributed by atoms with Gasteiger partial charge in [-0.25, -0.2) is 9.97 Å². The molecular weight excluding hydrogens is 260 g/mol. The first-order valence-corrected chi connectivity index (χ1v) is 7.97. The Hall–Kier alpha value is -1.48. The first-order valence-electron chi connectivity index (χ1n) is 6.58. The van der Waals surface area contributed by atoms with E-state index in [1.54, 1.807) is 6.20 Å². The third kappa shape index (κ3) is 3.74. The summed E-state index contributed by atoms with van der Waals surface area (Å²) in [4.78, 5) is 8.15. The van der Waals surface area contributed by atoms with Crippen molar-refractivity contribution >= 4 is 16.6 Å². The molecule has 0 saturated heterocycles. The van der Waals surface area contributed by atoms with Crippen molar-refractivity contribution in [3.63, 3.8) is 0 Å². The molecule has 3 unspecified atom stereocenters. The molecule has 2 rings (SSSR count). The monoisotopic (exact) mass is 278 g/mol. The van der Waals surface area contributed by atoms with Gasteiger partial charge in [-0.1, -0.05) is 13.3 Å². The molecule has 1 N–H and O–H groups in total. The lowest BCUT2D eigenvalue weighted by molar-refractivity contribution is 0.464. The van der Waals surface area contributed by atoms with Crippen molar-refractivity contribution in [1.82, 2.24) is 9.97 Å². The number of aromatic nitrogens is 2. The molecular formula is C13H18N4OS. The molecule has 1 aromatic heterocycles. The smallest absolute Gasteiger partial charge is 0.158 e. The average molecular weight is 278 g/mol. The summed E-state index contributed by atoms with van der Waals surface area (Å²) < 4.78 is 11.9. The quantitative estimate of drug-likeness (QED) is 0.909. The fraction of sp³-hybridized carbons (Fsp3) is 0.615. The Bertz CT molecular complexity index is 482. The molecule has 1 aromatic rings. The van der Waals surface area contributed by atoms with Gasteiger partial charge in [0.25, 0.3) is 0 Å². The number of anilines is 1. The fourth-order valence-electron chi connectivity index (χ4n) is 2.42. The number of nitrogens with zero attached hydrogens (tertiary/aromatic N) is 3. The lowest BCUT2D eigenvalue weighted by atomic mass is 9.95. The average Bonchev–Trinajstić information content (AvgIpc) is 2.47. The highest BCUT2D eigenvalue weighted by molar-refractivity contribution is 7.85. The van der Waals surface area contributed by atoms with Gasteiger partial charge in [-0.15, -0.1) is 0 Å². The Morgan fingerprint density at radius 2 is 2.32 bits per heavy atom. The highest BCUT2D eigenvalue weighted by Crippen LogP contribution is 2.25. The first kappa shape index (κ1) is 13.9. The Morgan fingerprint density at radius 1 is 1.47 bits per heavy atom. The Balaban J connectivity index is 1.94. The zero-order chi connectivity index (χ0) is 13.7. The Morgan fingerprint density at radius 3 is 2.95 bits per heavy atom. The van der Waals surface area contributed by atoms with Crippen LogP contribution in [0.25, 0.3) is 0 Å². The van der Waals surface area contributed by atoms with E-state index < -0.39 is 10.8 Å². The van der Waals surface area contributed by atoms with Gasteiger partial charge in [0.15, 0.2) is 5.69 Å². The van der Waals surface area contributed by atoms with Crippen LogP contribution in [0.3, 0.4) is 0 Å². The molecule has 0 aliphatic heterocycles. The maximum atomic E-state index is 11.9. The SMILES string of the molecule is CCS(=O)C1CCCC(Nc2cnc(C#N)cn2)C1. The molecule has 1 fully saturated rings. The molecule has 1 aliphatic carbocycles. The summed E-state index contributed by atoms with van der Waals surface area (Å²) in [5.74, 6) is 1.42. The highest BCUT2D eigenvalue weighted by Gasteiger charge is 2.25. The van der Waals surface area contributed by atoms with Gasteiger partial charge in [0, 0.05) is 27.8 Å². The Labute approximate surface area is 115 Å². The third-order valence-electron chi connectivity index (χ3n) is 3.40. The van der Waals surface area contributed by atoms with Crippen LogP contribution in [0.2, 0.25) is 0 Å². The number of hydrogen-bond acceptors (Lipinski definition) is 5. The summed E-state index contributed by atoms with van der Waals surface area (Å²) >= 11 is 0. The molecule has 3 atom stereocenters. The van der Waals surface area contributed by atoms with E-state index in [0.29, 0.717) is 22.8 Å². The van der Waals surface area contributed by atoms with Crippen molar-refractivity contribution in [2.24, 2.45) is 0 Å². The maximum Gasteiger partial charge on any atom is 0.158 e. The van der Waals surface area contributed by atoms with Crippen LogP contribution in [-0.4, -0.2) is 31.2 Å². The van der Waals surface area contributed by atoms with Gasteiger partial charge in [-0.05, 0) is 19.3 Å². The maximum absolute atomic E-state index is 11.9. The summed E-state index contributed by atoms with van der Waals surface area (Å²) in [5, 5.41) is 12.3. The topological polar surface area (TPSA) is 78.7 Å². The minimum absolute atomic E-state index is 0.294. The zero-order valence-electron chi connectivity index (χ0n) is 11.0. The Kier molecular flexibility index (Phi) is 4.86. The molecule has 1 saturated carbocycles. The number of rotatable bonds is 4. The van der Waals surface area contributed by atoms with Crippen molar-refractivity contribution < 1.29 is 4.21 Å². The first-order chi connectivity index (χ1) is 9.22. The van der Waals surface area contributed by atoms with Gasteiger partial charge < -0.3 is 5.32 Å². The van der Waals surface area contributed by atoms with Crippen LogP contribution in [0.1, 0.15) is 38.3 Å². The van der Waals surface area contributed by atoms with Crippen LogP contribution in [0.5, 0.6) is 0 Å². The van der Waals surface area contributed by atoms with Gasteiger partial charge >= 0.3 is 0 Å². The minimum Gasteiger partial charge on any atom is -0.366 e. The van der Waals surface area contributed by atoms with Crippen LogP contribution in [0, 0.1) is 11.3 Å². The molecule has 0 amide bonds. The number of hydrogen-bond donors (Lipinski definition) is 1. The van der Waals surface area contributed by atoms with Gasteiger partial charge in [0.2, 0.25) is 0 Å². The number of nitriles is 1. The van der Waals surface area contributed by atoms with Crippen molar-refractivity contribution in [2.75, 3.05) is 11.1 Å². The predicted octanol–water partition coefficient (Wildman–Crippen LogP) is 1.84. The minimum atomic E-state index is -0.716. The van der Waals surface area contributed by atoms with E-state index in [9.17, 15) is 4.21 Å². The van der Waals surface area contributed by atoms with Crippen LogP contribution >= 0.6 is 0 Å². The van der Waals surface area contributed by atoms with Crippen LogP contribution < -0.4 is 5.32 Å². The van der Waals surface area contributed by atoms with E-state index in [4.69, 9.17) is 5.26 Å². The molecule has 19 heavy (non-hydrogen) atoms. The molecule has 1 heterocycles. The van der Waals surface area contributed by atoms with Crippen LogP contribution in [0.4, 0.5) is 5.82 Å². The van der Waals surface area contributed by atoms with E-state index in [1.165, 1.54) is 6.20 Å². The fourth-order valence-corrected chi connectivity index (χ4v) is 3.77. The third-order valence-corrected chi connectivity index (χ3v) is 5.14. The standard InChI is InChI=1S/C13H18N4OS/c1-2-19(18)12-5-3-4-10(6-12)17-13-9-15-11(7-14)8-16-13/h8-10,12H,2-6H2,1H3,(H,16,17). The summed E-state index contributed by atoms with van der Waals surface area (Å²) in [6, 6.07) is 2.25. The predicted molar refractivity (Wildman–Crippen MR) is 75.1 cm³/mol. The van der Waals surface area contributed by atoms with Crippen molar-refractivity contribution in [1.29, 1.82) is 5.26 Å². The molecule has 6 heteroatoms.